The van der Waals surface area contributed by atoms with E-state index in [0.29, 0.717) is 28.3 Å². The van der Waals surface area contributed by atoms with Crippen molar-refractivity contribution in [2.75, 3.05) is 17.7 Å². The monoisotopic (exact) mass is 399 g/mol. The summed E-state index contributed by atoms with van der Waals surface area (Å²) in [6.07, 6.45) is 1.67. The SMILES string of the molecule is COc1ccc(COc2cccnc2NC(=S)Nc2ccc(Cl)cc2)cc1. The molecule has 2 aromatic carbocycles. The molecule has 7 heteroatoms. The molecule has 1 aromatic heterocycles. The number of anilines is 2. The van der Waals surface area contributed by atoms with Crippen LogP contribution in [0.15, 0.2) is 66.9 Å². The lowest BCUT2D eigenvalue weighted by molar-refractivity contribution is 0.306. The number of nitrogens with one attached hydrogen (secondary N) is 2. The molecule has 0 aliphatic rings. The molecule has 5 nitrogen and oxygen atoms in total. The number of methoxy groups -OCH3 is 1. The van der Waals surface area contributed by atoms with E-state index >= 15 is 0 Å². The molecule has 0 saturated heterocycles. The van der Waals surface area contributed by atoms with Gasteiger partial charge in [-0.3, -0.25) is 0 Å². The Hall–Kier alpha value is -2.83. The average molecular weight is 400 g/mol. The van der Waals surface area contributed by atoms with Crippen LogP contribution in [0.5, 0.6) is 11.5 Å². The number of aromatic nitrogens is 1. The second kappa shape index (κ2) is 9.21. The number of pyridine rings is 1. The van der Waals surface area contributed by atoms with Gasteiger partial charge in [0.05, 0.1) is 7.11 Å². The summed E-state index contributed by atoms with van der Waals surface area (Å²) in [6.45, 7) is 0.405. The molecule has 0 saturated carbocycles. The van der Waals surface area contributed by atoms with Gasteiger partial charge in [0.1, 0.15) is 12.4 Å². The number of hydrogen-bond acceptors (Lipinski definition) is 4. The summed E-state index contributed by atoms with van der Waals surface area (Å²) in [5, 5.41) is 7.22. The summed E-state index contributed by atoms with van der Waals surface area (Å²) in [6, 6.07) is 18.6. The number of hydrogen-bond donors (Lipinski definition) is 2. The standard InChI is InChI=1S/C20H18ClN3O2S/c1-25-17-10-4-14(5-11-17)13-26-18-3-2-12-22-19(18)24-20(27)23-16-8-6-15(21)7-9-16/h2-12H,13H2,1H3,(H2,22,23,24,27). The maximum absolute atomic E-state index is 5.89. The fourth-order valence-electron chi connectivity index (χ4n) is 2.29. The van der Waals surface area contributed by atoms with Crippen molar-refractivity contribution < 1.29 is 9.47 Å². The van der Waals surface area contributed by atoms with Crippen molar-refractivity contribution >= 4 is 40.4 Å². The highest BCUT2D eigenvalue weighted by atomic mass is 35.5. The quantitative estimate of drug-likeness (QED) is 0.560. The van der Waals surface area contributed by atoms with Crippen LogP contribution in [0.3, 0.4) is 0 Å². The first-order valence-electron chi connectivity index (χ1n) is 8.18. The Morgan fingerprint density at radius 1 is 1.04 bits per heavy atom. The van der Waals surface area contributed by atoms with E-state index in [-0.39, 0.29) is 0 Å². The molecule has 0 bridgehead atoms. The Bertz CT molecular complexity index is 902. The molecule has 0 fully saturated rings. The van der Waals surface area contributed by atoms with Crippen molar-refractivity contribution in [3.63, 3.8) is 0 Å². The van der Waals surface area contributed by atoms with Crippen LogP contribution in [0.2, 0.25) is 5.02 Å². The molecule has 0 aliphatic carbocycles. The molecule has 3 rings (SSSR count). The summed E-state index contributed by atoms with van der Waals surface area (Å²) in [7, 11) is 1.64. The van der Waals surface area contributed by atoms with E-state index in [4.69, 9.17) is 33.3 Å². The van der Waals surface area contributed by atoms with Crippen LogP contribution in [-0.4, -0.2) is 17.2 Å². The Kier molecular flexibility index (Phi) is 6.46. The molecule has 138 valence electrons. The highest BCUT2D eigenvalue weighted by molar-refractivity contribution is 7.80. The van der Waals surface area contributed by atoms with Crippen molar-refractivity contribution in [2.24, 2.45) is 0 Å². The van der Waals surface area contributed by atoms with Gasteiger partial charge in [0.2, 0.25) is 0 Å². The minimum Gasteiger partial charge on any atom is -0.497 e. The normalized spacial score (nSPS) is 10.1. The van der Waals surface area contributed by atoms with Crippen LogP contribution in [-0.2, 0) is 6.61 Å². The van der Waals surface area contributed by atoms with Crippen LogP contribution in [0.4, 0.5) is 11.5 Å². The van der Waals surface area contributed by atoms with Crippen LogP contribution < -0.4 is 20.1 Å². The molecule has 2 N–H and O–H groups in total. The number of thiocarbonyl (C=S) groups is 1. The summed E-state index contributed by atoms with van der Waals surface area (Å²) in [4.78, 5) is 4.31. The lowest BCUT2D eigenvalue weighted by Crippen LogP contribution is -2.20. The molecule has 0 radical (unpaired) electrons. The molecule has 0 amide bonds. The van der Waals surface area contributed by atoms with Gasteiger partial charge in [0, 0.05) is 16.9 Å². The first-order valence-corrected chi connectivity index (χ1v) is 8.97. The molecule has 0 aliphatic heterocycles. The fraction of sp³-hybridized carbons (Fsp3) is 0.100. The van der Waals surface area contributed by atoms with E-state index in [9.17, 15) is 0 Å². The summed E-state index contributed by atoms with van der Waals surface area (Å²) in [5.74, 6) is 1.95. The van der Waals surface area contributed by atoms with Crippen LogP contribution in [0.1, 0.15) is 5.56 Å². The number of nitrogens with zero attached hydrogens (tertiary/aromatic N) is 1. The van der Waals surface area contributed by atoms with Gasteiger partial charge in [-0.15, -0.1) is 0 Å². The highest BCUT2D eigenvalue weighted by Gasteiger charge is 2.08. The maximum Gasteiger partial charge on any atom is 0.176 e. The van der Waals surface area contributed by atoms with E-state index in [1.165, 1.54) is 0 Å². The van der Waals surface area contributed by atoms with Gasteiger partial charge >= 0.3 is 0 Å². The van der Waals surface area contributed by atoms with Crippen molar-refractivity contribution in [1.29, 1.82) is 0 Å². The fourth-order valence-corrected chi connectivity index (χ4v) is 2.63. The van der Waals surface area contributed by atoms with E-state index < -0.39 is 0 Å². The number of benzene rings is 2. The molecule has 0 atom stereocenters. The van der Waals surface area contributed by atoms with Crippen molar-refractivity contribution in [3.8, 4) is 11.5 Å². The first-order chi connectivity index (χ1) is 13.1. The average Bonchev–Trinajstić information content (AvgIpc) is 2.69. The predicted octanol–water partition coefficient (Wildman–Crippen LogP) is 5.13. The number of ether oxygens (including phenoxy) is 2. The van der Waals surface area contributed by atoms with E-state index in [2.05, 4.69) is 15.6 Å². The summed E-state index contributed by atoms with van der Waals surface area (Å²) in [5.41, 5.74) is 1.85. The largest absolute Gasteiger partial charge is 0.497 e. The second-order valence-corrected chi connectivity index (χ2v) is 6.42. The highest BCUT2D eigenvalue weighted by Crippen LogP contribution is 2.23. The predicted molar refractivity (Wildman–Crippen MR) is 113 cm³/mol. The minimum absolute atomic E-state index is 0.405. The molecular formula is C20H18ClN3O2S. The van der Waals surface area contributed by atoms with Gasteiger partial charge in [-0.25, -0.2) is 4.98 Å². The summed E-state index contributed by atoms with van der Waals surface area (Å²) < 4.78 is 11.1. The lowest BCUT2D eigenvalue weighted by Gasteiger charge is -2.14. The third-order valence-corrected chi connectivity index (χ3v) is 4.11. The second-order valence-electron chi connectivity index (χ2n) is 5.57. The van der Waals surface area contributed by atoms with Gasteiger partial charge in [0.15, 0.2) is 16.7 Å². The van der Waals surface area contributed by atoms with Gasteiger partial charge < -0.3 is 20.1 Å². The zero-order chi connectivity index (χ0) is 19.1. The zero-order valence-electron chi connectivity index (χ0n) is 14.6. The van der Waals surface area contributed by atoms with Gasteiger partial charge in [-0.05, 0) is 66.3 Å². The Labute approximate surface area is 168 Å². The van der Waals surface area contributed by atoms with Crippen LogP contribution in [0.25, 0.3) is 0 Å². The van der Waals surface area contributed by atoms with Crippen molar-refractivity contribution in [2.45, 2.75) is 6.61 Å². The van der Waals surface area contributed by atoms with Crippen molar-refractivity contribution in [3.05, 3.63) is 77.4 Å². The number of rotatable bonds is 6. The van der Waals surface area contributed by atoms with E-state index in [0.717, 1.165) is 17.0 Å². The molecule has 27 heavy (non-hydrogen) atoms. The molecule has 0 unspecified atom stereocenters. The lowest BCUT2D eigenvalue weighted by atomic mass is 10.2. The third kappa shape index (κ3) is 5.57. The van der Waals surface area contributed by atoms with Gasteiger partial charge in [0.25, 0.3) is 0 Å². The van der Waals surface area contributed by atoms with E-state index in [1.807, 2.05) is 48.5 Å². The van der Waals surface area contributed by atoms with Crippen LogP contribution >= 0.6 is 23.8 Å². The molecule has 1 heterocycles. The molecular weight excluding hydrogens is 382 g/mol. The maximum atomic E-state index is 5.89. The molecule has 3 aromatic rings. The molecule has 0 spiro atoms. The van der Waals surface area contributed by atoms with Gasteiger partial charge in [-0.1, -0.05) is 23.7 Å². The topological polar surface area (TPSA) is 55.4 Å². The minimum atomic E-state index is 0.405. The Balaban J connectivity index is 1.62. The first kappa shape index (κ1) is 18.9. The third-order valence-electron chi connectivity index (χ3n) is 3.66. The smallest absolute Gasteiger partial charge is 0.176 e. The Morgan fingerprint density at radius 2 is 1.78 bits per heavy atom. The number of halogens is 1. The van der Waals surface area contributed by atoms with Gasteiger partial charge in [-0.2, -0.15) is 0 Å². The summed E-state index contributed by atoms with van der Waals surface area (Å²) >= 11 is 11.2. The Morgan fingerprint density at radius 3 is 2.48 bits per heavy atom. The van der Waals surface area contributed by atoms with E-state index in [1.54, 1.807) is 25.4 Å². The van der Waals surface area contributed by atoms with Crippen molar-refractivity contribution in [1.82, 2.24) is 4.98 Å². The zero-order valence-corrected chi connectivity index (χ0v) is 16.2. The van der Waals surface area contributed by atoms with Crippen LogP contribution in [0, 0.1) is 0 Å².